The van der Waals surface area contributed by atoms with E-state index < -0.39 is 0 Å². The quantitative estimate of drug-likeness (QED) is 0.706. The second-order valence-corrected chi connectivity index (χ2v) is 5.54. The van der Waals surface area contributed by atoms with Crippen molar-refractivity contribution in [1.29, 1.82) is 0 Å². The summed E-state index contributed by atoms with van der Waals surface area (Å²) in [5, 5.41) is 2.80. The van der Waals surface area contributed by atoms with Crippen LogP contribution in [0.1, 0.15) is 16.2 Å². The molecule has 0 aliphatic carbocycles. The van der Waals surface area contributed by atoms with E-state index in [2.05, 4.69) is 20.3 Å². The van der Waals surface area contributed by atoms with Gasteiger partial charge in [0.1, 0.15) is 5.75 Å². The number of anilines is 1. The van der Waals surface area contributed by atoms with Crippen LogP contribution in [0.5, 0.6) is 5.75 Å². The molecule has 0 saturated carbocycles. The van der Waals surface area contributed by atoms with Gasteiger partial charge in [0.2, 0.25) is 0 Å². The van der Waals surface area contributed by atoms with E-state index in [9.17, 15) is 4.79 Å². The van der Waals surface area contributed by atoms with Crippen LogP contribution in [0.15, 0.2) is 54.9 Å². The first-order valence-electron chi connectivity index (χ1n) is 8.12. The first-order chi connectivity index (χ1) is 12.7. The summed E-state index contributed by atoms with van der Waals surface area (Å²) in [4.78, 5) is 25.1. The van der Waals surface area contributed by atoms with E-state index in [4.69, 9.17) is 10.5 Å². The van der Waals surface area contributed by atoms with Crippen LogP contribution in [0.2, 0.25) is 0 Å². The van der Waals surface area contributed by atoms with Crippen molar-refractivity contribution in [2.24, 2.45) is 0 Å². The molecule has 132 valence electrons. The first kappa shape index (κ1) is 17.3. The van der Waals surface area contributed by atoms with Crippen molar-refractivity contribution in [2.45, 2.75) is 6.42 Å². The monoisotopic (exact) mass is 349 g/mol. The highest BCUT2D eigenvalue weighted by Gasteiger charge is 2.14. The van der Waals surface area contributed by atoms with E-state index in [1.54, 1.807) is 19.5 Å². The maximum Gasteiger partial charge on any atom is 0.273 e. The van der Waals surface area contributed by atoms with Gasteiger partial charge in [-0.2, -0.15) is 0 Å². The van der Waals surface area contributed by atoms with Gasteiger partial charge >= 0.3 is 0 Å². The Balaban J connectivity index is 1.71. The van der Waals surface area contributed by atoms with Crippen LogP contribution < -0.4 is 15.8 Å². The van der Waals surface area contributed by atoms with Crippen molar-refractivity contribution in [3.05, 3.63) is 66.2 Å². The van der Waals surface area contributed by atoms with Crippen LogP contribution in [0, 0.1) is 0 Å². The smallest absolute Gasteiger partial charge is 0.273 e. The number of ether oxygens (including phenoxy) is 1. The van der Waals surface area contributed by atoms with Crippen LogP contribution in [-0.4, -0.2) is 34.5 Å². The van der Waals surface area contributed by atoms with E-state index in [-0.39, 0.29) is 17.4 Å². The van der Waals surface area contributed by atoms with Gasteiger partial charge in [-0.25, -0.2) is 9.97 Å². The SMILES string of the molecule is COc1ccc(-c2cnc(N)c(C(=O)NCCc3ccccn3)n2)cc1. The molecule has 26 heavy (non-hydrogen) atoms. The third kappa shape index (κ3) is 4.13. The molecule has 3 aromatic rings. The second-order valence-electron chi connectivity index (χ2n) is 5.54. The molecule has 0 fully saturated rings. The largest absolute Gasteiger partial charge is 0.497 e. The molecule has 0 aliphatic rings. The number of benzene rings is 1. The number of methoxy groups -OCH3 is 1. The zero-order valence-corrected chi connectivity index (χ0v) is 14.3. The Kier molecular flexibility index (Phi) is 5.38. The third-order valence-corrected chi connectivity index (χ3v) is 3.79. The highest BCUT2D eigenvalue weighted by Crippen LogP contribution is 2.21. The normalized spacial score (nSPS) is 10.3. The summed E-state index contributed by atoms with van der Waals surface area (Å²) >= 11 is 0. The fourth-order valence-corrected chi connectivity index (χ4v) is 2.40. The Morgan fingerprint density at radius 3 is 2.65 bits per heavy atom. The molecule has 1 aromatic carbocycles. The molecule has 7 heteroatoms. The van der Waals surface area contributed by atoms with E-state index in [0.717, 1.165) is 17.0 Å². The van der Waals surface area contributed by atoms with Gasteiger partial charge in [0, 0.05) is 30.4 Å². The number of amides is 1. The molecule has 3 N–H and O–H groups in total. The molecule has 0 unspecified atom stereocenters. The topological polar surface area (TPSA) is 103 Å². The number of carbonyl (C=O) groups excluding carboxylic acids is 1. The molecule has 1 amide bonds. The van der Waals surface area contributed by atoms with Crippen molar-refractivity contribution in [2.75, 3.05) is 19.4 Å². The summed E-state index contributed by atoms with van der Waals surface area (Å²) in [6.07, 6.45) is 3.89. The van der Waals surface area contributed by atoms with Crippen LogP contribution in [0.25, 0.3) is 11.3 Å². The summed E-state index contributed by atoms with van der Waals surface area (Å²) in [5.41, 5.74) is 8.23. The summed E-state index contributed by atoms with van der Waals surface area (Å²) in [6, 6.07) is 13.0. The number of carbonyl (C=O) groups is 1. The van der Waals surface area contributed by atoms with Crippen molar-refractivity contribution in [1.82, 2.24) is 20.3 Å². The molecule has 0 saturated heterocycles. The van der Waals surface area contributed by atoms with E-state index in [1.165, 1.54) is 0 Å². The molecule has 3 rings (SSSR count). The lowest BCUT2D eigenvalue weighted by molar-refractivity contribution is 0.0950. The lowest BCUT2D eigenvalue weighted by atomic mass is 10.1. The second kappa shape index (κ2) is 8.06. The van der Waals surface area contributed by atoms with Gasteiger partial charge in [0.05, 0.1) is 19.0 Å². The van der Waals surface area contributed by atoms with Gasteiger partial charge in [-0.15, -0.1) is 0 Å². The number of rotatable bonds is 6. The van der Waals surface area contributed by atoms with Crippen molar-refractivity contribution in [3.8, 4) is 17.0 Å². The minimum absolute atomic E-state index is 0.0950. The molecule has 2 heterocycles. The van der Waals surface area contributed by atoms with Gasteiger partial charge in [-0.3, -0.25) is 9.78 Å². The van der Waals surface area contributed by atoms with Crippen LogP contribution >= 0.6 is 0 Å². The first-order valence-corrected chi connectivity index (χ1v) is 8.12. The van der Waals surface area contributed by atoms with Gasteiger partial charge in [-0.05, 0) is 36.4 Å². The summed E-state index contributed by atoms with van der Waals surface area (Å²) in [7, 11) is 1.60. The van der Waals surface area contributed by atoms with Gasteiger partial charge in [-0.1, -0.05) is 6.07 Å². The zero-order chi connectivity index (χ0) is 18.4. The Bertz CT molecular complexity index is 882. The Labute approximate surface area is 151 Å². The molecule has 0 aliphatic heterocycles. The van der Waals surface area contributed by atoms with Gasteiger partial charge in [0.25, 0.3) is 5.91 Å². The molecule has 0 bridgehead atoms. The average Bonchev–Trinajstić information content (AvgIpc) is 2.69. The van der Waals surface area contributed by atoms with Gasteiger partial charge in [0.15, 0.2) is 11.5 Å². The van der Waals surface area contributed by atoms with Crippen LogP contribution in [0.4, 0.5) is 5.82 Å². The number of hydrogen-bond donors (Lipinski definition) is 2. The molecular formula is C19H19N5O2. The standard InChI is InChI=1S/C19H19N5O2/c1-26-15-7-5-13(6-8-15)16-12-23-18(20)17(24-16)19(25)22-11-9-14-4-2-3-10-21-14/h2-8,10,12H,9,11H2,1H3,(H2,20,23)(H,22,25). The minimum atomic E-state index is -0.360. The summed E-state index contributed by atoms with van der Waals surface area (Å²) in [6.45, 7) is 0.434. The molecule has 7 nitrogen and oxygen atoms in total. The minimum Gasteiger partial charge on any atom is -0.497 e. The van der Waals surface area contributed by atoms with Crippen LogP contribution in [-0.2, 0) is 6.42 Å². The van der Waals surface area contributed by atoms with E-state index in [0.29, 0.717) is 18.7 Å². The summed E-state index contributed by atoms with van der Waals surface area (Å²) in [5.74, 6) is 0.475. The van der Waals surface area contributed by atoms with Crippen molar-refractivity contribution < 1.29 is 9.53 Å². The molecule has 0 spiro atoms. The third-order valence-electron chi connectivity index (χ3n) is 3.79. The van der Waals surface area contributed by atoms with E-state index >= 15 is 0 Å². The van der Waals surface area contributed by atoms with Crippen LogP contribution in [0.3, 0.4) is 0 Å². The summed E-state index contributed by atoms with van der Waals surface area (Å²) < 4.78 is 5.14. The Morgan fingerprint density at radius 2 is 1.96 bits per heavy atom. The highest BCUT2D eigenvalue weighted by molar-refractivity contribution is 5.96. The number of nitrogens with one attached hydrogen (secondary N) is 1. The average molecular weight is 349 g/mol. The predicted octanol–water partition coefficient (Wildman–Crippen LogP) is 2.10. The lowest BCUT2D eigenvalue weighted by Gasteiger charge is -2.08. The Morgan fingerprint density at radius 1 is 1.15 bits per heavy atom. The van der Waals surface area contributed by atoms with Crippen molar-refractivity contribution in [3.63, 3.8) is 0 Å². The predicted molar refractivity (Wildman–Crippen MR) is 98.7 cm³/mol. The Hall–Kier alpha value is -3.48. The number of nitrogen functional groups attached to an aromatic ring is 1. The number of hydrogen-bond acceptors (Lipinski definition) is 6. The van der Waals surface area contributed by atoms with Crippen molar-refractivity contribution >= 4 is 11.7 Å². The number of nitrogens with zero attached hydrogens (tertiary/aromatic N) is 3. The number of pyridine rings is 1. The molecular weight excluding hydrogens is 330 g/mol. The fraction of sp³-hybridized carbons (Fsp3) is 0.158. The number of nitrogens with two attached hydrogens (primary N) is 1. The zero-order valence-electron chi connectivity index (χ0n) is 14.3. The maximum atomic E-state index is 12.4. The fourth-order valence-electron chi connectivity index (χ4n) is 2.40. The van der Waals surface area contributed by atoms with Gasteiger partial charge < -0.3 is 15.8 Å². The highest BCUT2D eigenvalue weighted by atomic mass is 16.5. The maximum absolute atomic E-state index is 12.4. The molecule has 0 radical (unpaired) electrons. The molecule has 2 aromatic heterocycles. The molecule has 0 atom stereocenters. The van der Waals surface area contributed by atoms with E-state index in [1.807, 2.05) is 42.5 Å². The lowest BCUT2D eigenvalue weighted by Crippen LogP contribution is -2.28. The number of aromatic nitrogens is 3.